The second-order valence-electron chi connectivity index (χ2n) is 5.51. The molecule has 2 aliphatic carbocycles. The summed E-state index contributed by atoms with van der Waals surface area (Å²) in [7, 11) is 0. The fourth-order valence-corrected chi connectivity index (χ4v) is 3.76. The first kappa shape index (κ1) is 12.7. The van der Waals surface area contributed by atoms with E-state index in [-0.39, 0.29) is 24.4 Å². The Morgan fingerprint density at radius 3 is 2.74 bits per heavy atom. The number of amides is 1. The van der Waals surface area contributed by atoms with Crippen LogP contribution in [0.25, 0.3) is 0 Å². The second-order valence-corrected chi connectivity index (χ2v) is 6.46. The molecule has 4 nitrogen and oxygen atoms in total. The van der Waals surface area contributed by atoms with Crippen LogP contribution in [0.5, 0.6) is 0 Å². The highest BCUT2D eigenvalue weighted by atomic mass is 32.1. The van der Waals surface area contributed by atoms with Crippen molar-refractivity contribution < 1.29 is 14.7 Å². The van der Waals surface area contributed by atoms with E-state index in [0.29, 0.717) is 5.92 Å². The number of rotatable bonds is 5. The van der Waals surface area contributed by atoms with Crippen LogP contribution < -0.4 is 0 Å². The summed E-state index contributed by atoms with van der Waals surface area (Å²) in [5.41, 5.74) is 1.25. The number of nitrogens with zero attached hydrogens (tertiary/aromatic N) is 1. The first-order chi connectivity index (χ1) is 9.08. The monoisotopic (exact) mass is 279 g/mol. The van der Waals surface area contributed by atoms with Crippen molar-refractivity contribution in [1.29, 1.82) is 0 Å². The van der Waals surface area contributed by atoms with Crippen molar-refractivity contribution in [2.24, 2.45) is 5.92 Å². The molecule has 0 radical (unpaired) electrons. The number of carbonyl (C=O) groups is 2. The minimum Gasteiger partial charge on any atom is -0.480 e. The molecule has 102 valence electrons. The number of carboxylic acids is 1. The molecule has 1 aromatic rings. The standard InChI is InChI=1S/C14H17NO3S/c1-8-4-5-19-13(8)10-6-11(10)14(18)15(7-12(16)17)9-2-3-9/h4-5,9-11H,2-3,6-7H2,1H3,(H,16,17)/t10-,11+/m0/s1. The van der Waals surface area contributed by atoms with Gasteiger partial charge in [0, 0.05) is 22.8 Å². The molecule has 0 aromatic carbocycles. The minimum absolute atomic E-state index is 0.0114. The van der Waals surface area contributed by atoms with Crippen LogP contribution in [0.1, 0.15) is 35.6 Å². The highest BCUT2D eigenvalue weighted by molar-refractivity contribution is 7.10. The normalized spacial score (nSPS) is 25.1. The zero-order valence-corrected chi connectivity index (χ0v) is 11.7. The van der Waals surface area contributed by atoms with Gasteiger partial charge in [0.2, 0.25) is 5.91 Å². The molecular formula is C14H17NO3S. The number of aliphatic carboxylic acids is 1. The van der Waals surface area contributed by atoms with E-state index < -0.39 is 5.97 Å². The summed E-state index contributed by atoms with van der Waals surface area (Å²) >= 11 is 1.70. The third kappa shape index (κ3) is 2.52. The fourth-order valence-electron chi connectivity index (χ4n) is 2.65. The average Bonchev–Trinajstić information content (AvgIpc) is 3.25. The van der Waals surface area contributed by atoms with Crippen LogP contribution in [0.3, 0.4) is 0 Å². The van der Waals surface area contributed by atoms with Gasteiger partial charge in [0.05, 0.1) is 0 Å². The SMILES string of the molecule is Cc1ccsc1[C@H]1C[C@H]1C(=O)N(CC(=O)O)C1CC1. The Kier molecular flexibility index (Phi) is 3.09. The van der Waals surface area contributed by atoms with Crippen molar-refractivity contribution in [3.05, 3.63) is 21.9 Å². The summed E-state index contributed by atoms with van der Waals surface area (Å²) in [6.45, 7) is 1.93. The van der Waals surface area contributed by atoms with E-state index in [9.17, 15) is 9.59 Å². The lowest BCUT2D eigenvalue weighted by Gasteiger charge is -2.20. The zero-order chi connectivity index (χ0) is 13.6. The van der Waals surface area contributed by atoms with Crippen LogP contribution >= 0.6 is 11.3 Å². The highest BCUT2D eigenvalue weighted by Crippen LogP contribution is 2.51. The van der Waals surface area contributed by atoms with Gasteiger partial charge in [-0.2, -0.15) is 0 Å². The van der Waals surface area contributed by atoms with Crippen molar-refractivity contribution in [2.75, 3.05) is 6.54 Å². The van der Waals surface area contributed by atoms with Gasteiger partial charge in [-0.15, -0.1) is 11.3 Å². The fraction of sp³-hybridized carbons (Fsp3) is 0.571. The van der Waals surface area contributed by atoms with Crippen molar-refractivity contribution in [3.8, 4) is 0 Å². The topological polar surface area (TPSA) is 57.6 Å². The molecule has 3 rings (SSSR count). The van der Waals surface area contributed by atoms with Crippen LogP contribution in [-0.4, -0.2) is 34.5 Å². The highest BCUT2D eigenvalue weighted by Gasteiger charge is 2.49. The maximum Gasteiger partial charge on any atom is 0.323 e. The van der Waals surface area contributed by atoms with Crippen molar-refractivity contribution in [2.45, 2.75) is 38.1 Å². The van der Waals surface area contributed by atoms with E-state index in [1.165, 1.54) is 10.4 Å². The van der Waals surface area contributed by atoms with Gasteiger partial charge >= 0.3 is 5.97 Å². The summed E-state index contributed by atoms with van der Waals surface area (Å²) in [6, 6.07) is 2.25. The number of aryl methyl sites for hydroxylation is 1. The lowest BCUT2D eigenvalue weighted by atomic mass is 10.2. The largest absolute Gasteiger partial charge is 0.480 e. The number of hydrogen-bond donors (Lipinski definition) is 1. The zero-order valence-electron chi connectivity index (χ0n) is 10.8. The lowest BCUT2D eigenvalue weighted by molar-refractivity contribution is -0.145. The average molecular weight is 279 g/mol. The molecule has 1 heterocycles. The molecule has 1 amide bonds. The third-order valence-corrected chi connectivity index (χ3v) is 5.07. The maximum absolute atomic E-state index is 12.4. The third-order valence-electron chi connectivity index (χ3n) is 3.92. The predicted octanol–water partition coefficient (Wildman–Crippen LogP) is 2.24. The van der Waals surface area contributed by atoms with E-state index in [0.717, 1.165) is 19.3 Å². The van der Waals surface area contributed by atoms with Gasteiger partial charge in [-0.1, -0.05) is 0 Å². The Bertz CT molecular complexity index is 521. The van der Waals surface area contributed by atoms with Crippen LogP contribution in [0.4, 0.5) is 0 Å². The number of carboxylic acid groups (broad SMARTS) is 1. The molecule has 0 aliphatic heterocycles. The van der Waals surface area contributed by atoms with Crippen molar-refractivity contribution in [1.82, 2.24) is 4.90 Å². The maximum atomic E-state index is 12.4. The molecule has 2 aliphatic rings. The molecule has 2 fully saturated rings. The molecule has 0 unspecified atom stereocenters. The molecule has 0 spiro atoms. The molecular weight excluding hydrogens is 262 g/mol. The second kappa shape index (κ2) is 4.63. The number of hydrogen-bond acceptors (Lipinski definition) is 3. The molecule has 0 saturated heterocycles. The van der Waals surface area contributed by atoms with Gasteiger partial charge in [-0.05, 0) is 43.2 Å². The minimum atomic E-state index is -0.912. The van der Waals surface area contributed by atoms with Gasteiger partial charge in [0.15, 0.2) is 0 Å². The van der Waals surface area contributed by atoms with Gasteiger partial charge in [0.25, 0.3) is 0 Å². The molecule has 19 heavy (non-hydrogen) atoms. The van der Waals surface area contributed by atoms with Crippen LogP contribution in [-0.2, 0) is 9.59 Å². The van der Waals surface area contributed by atoms with Gasteiger partial charge in [0.1, 0.15) is 6.54 Å². The molecule has 1 aromatic heterocycles. The number of thiophene rings is 1. The van der Waals surface area contributed by atoms with E-state index >= 15 is 0 Å². The Balaban J connectivity index is 1.68. The van der Waals surface area contributed by atoms with E-state index in [1.807, 2.05) is 0 Å². The Morgan fingerprint density at radius 1 is 1.47 bits per heavy atom. The van der Waals surface area contributed by atoms with Crippen molar-refractivity contribution in [3.63, 3.8) is 0 Å². The summed E-state index contributed by atoms with van der Waals surface area (Å²) in [5.74, 6) is -0.535. The first-order valence-corrected chi connectivity index (χ1v) is 7.52. The van der Waals surface area contributed by atoms with Crippen LogP contribution in [0.15, 0.2) is 11.4 Å². The number of carbonyl (C=O) groups excluding carboxylic acids is 1. The van der Waals surface area contributed by atoms with Crippen LogP contribution in [0.2, 0.25) is 0 Å². The molecule has 0 bridgehead atoms. The van der Waals surface area contributed by atoms with E-state index in [4.69, 9.17) is 5.11 Å². The van der Waals surface area contributed by atoms with E-state index in [1.54, 1.807) is 16.2 Å². The van der Waals surface area contributed by atoms with Crippen molar-refractivity contribution >= 4 is 23.2 Å². The summed E-state index contributed by atoms with van der Waals surface area (Å²) < 4.78 is 0. The quantitative estimate of drug-likeness (QED) is 0.899. The summed E-state index contributed by atoms with van der Waals surface area (Å²) in [4.78, 5) is 26.1. The molecule has 2 atom stereocenters. The Morgan fingerprint density at radius 2 is 2.21 bits per heavy atom. The molecule has 1 N–H and O–H groups in total. The molecule has 5 heteroatoms. The first-order valence-electron chi connectivity index (χ1n) is 6.64. The Hall–Kier alpha value is -1.36. The summed E-state index contributed by atoms with van der Waals surface area (Å²) in [6.07, 6.45) is 2.78. The predicted molar refractivity (Wildman–Crippen MR) is 72.3 cm³/mol. The molecule has 2 saturated carbocycles. The Labute approximate surface area is 116 Å². The van der Waals surface area contributed by atoms with E-state index in [2.05, 4.69) is 18.4 Å². The smallest absolute Gasteiger partial charge is 0.323 e. The van der Waals surface area contributed by atoms with Crippen LogP contribution in [0, 0.1) is 12.8 Å². The van der Waals surface area contributed by atoms with Gasteiger partial charge in [-0.25, -0.2) is 0 Å². The summed E-state index contributed by atoms with van der Waals surface area (Å²) in [5, 5.41) is 11.0. The van der Waals surface area contributed by atoms with Gasteiger partial charge < -0.3 is 10.0 Å². The van der Waals surface area contributed by atoms with Gasteiger partial charge in [-0.3, -0.25) is 9.59 Å². The lowest BCUT2D eigenvalue weighted by Crippen LogP contribution is -2.38.